The SMILES string of the molecule is Cc1ccc(C)c(-n2nnnc2SCc2ccc(C(=O)Nc3ccccc3)cc2)c1. The van der Waals surface area contributed by atoms with Gasteiger partial charge >= 0.3 is 0 Å². The quantitative estimate of drug-likeness (QED) is 0.457. The van der Waals surface area contributed by atoms with E-state index in [1.807, 2.05) is 61.5 Å². The first-order valence-electron chi connectivity index (χ1n) is 9.54. The van der Waals surface area contributed by atoms with Crippen molar-refractivity contribution in [2.75, 3.05) is 5.32 Å². The van der Waals surface area contributed by atoms with Gasteiger partial charge in [-0.15, -0.1) is 5.10 Å². The number of nitrogens with zero attached hydrogens (tertiary/aromatic N) is 4. The fourth-order valence-electron chi connectivity index (χ4n) is 2.99. The molecule has 0 saturated heterocycles. The number of nitrogens with one attached hydrogen (secondary N) is 1. The van der Waals surface area contributed by atoms with Crippen molar-refractivity contribution in [2.24, 2.45) is 0 Å². The van der Waals surface area contributed by atoms with Crippen LogP contribution in [0.2, 0.25) is 0 Å². The van der Waals surface area contributed by atoms with Gasteiger partial charge in [-0.3, -0.25) is 4.79 Å². The summed E-state index contributed by atoms with van der Waals surface area (Å²) < 4.78 is 1.77. The lowest BCUT2D eigenvalue weighted by Gasteiger charge is -2.09. The molecule has 6 nitrogen and oxygen atoms in total. The number of carbonyl (C=O) groups is 1. The lowest BCUT2D eigenvalue weighted by atomic mass is 10.1. The summed E-state index contributed by atoms with van der Waals surface area (Å²) in [4.78, 5) is 12.4. The van der Waals surface area contributed by atoms with Gasteiger partial charge in [0, 0.05) is 17.0 Å². The molecule has 0 unspecified atom stereocenters. The Morgan fingerprint density at radius 3 is 2.53 bits per heavy atom. The van der Waals surface area contributed by atoms with Crippen LogP contribution in [0.1, 0.15) is 27.0 Å². The van der Waals surface area contributed by atoms with Gasteiger partial charge in [-0.05, 0) is 71.3 Å². The predicted molar refractivity (Wildman–Crippen MR) is 119 cm³/mol. The van der Waals surface area contributed by atoms with E-state index in [2.05, 4.69) is 46.0 Å². The van der Waals surface area contributed by atoms with Gasteiger partial charge in [-0.25, -0.2) is 0 Å². The maximum Gasteiger partial charge on any atom is 0.255 e. The van der Waals surface area contributed by atoms with E-state index in [-0.39, 0.29) is 5.91 Å². The molecule has 0 aliphatic heterocycles. The maximum absolute atomic E-state index is 12.4. The van der Waals surface area contributed by atoms with Crippen molar-refractivity contribution in [1.29, 1.82) is 0 Å². The Kier molecular flexibility index (Phi) is 5.90. The average molecular weight is 416 g/mol. The molecule has 150 valence electrons. The maximum atomic E-state index is 12.4. The van der Waals surface area contributed by atoms with E-state index in [0.29, 0.717) is 11.3 Å². The third-order valence-corrected chi connectivity index (χ3v) is 5.64. The van der Waals surface area contributed by atoms with Crippen LogP contribution in [-0.4, -0.2) is 26.1 Å². The van der Waals surface area contributed by atoms with E-state index in [4.69, 9.17) is 0 Å². The van der Waals surface area contributed by atoms with Crippen molar-refractivity contribution in [2.45, 2.75) is 24.8 Å². The molecule has 0 saturated carbocycles. The van der Waals surface area contributed by atoms with Crippen molar-refractivity contribution >= 4 is 23.4 Å². The van der Waals surface area contributed by atoms with Gasteiger partial charge in [0.2, 0.25) is 5.16 Å². The lowest BCUT2D eigenvalue weighted by molar-refractivity contribution is 0.102. The van der Waals surface area contributed by atoms with Gasteiger partial charge in [0.25, 0.3) is 5.91 Å². The molecule has 0 aliphatic rings. The minimum Gasteiger partial charge on any atom is -0.322 e. The second-order valence-corrected chi connectivity index (χ2v) is 7.91. The van der Waals surface area contributed by atoms with Gasteiger partial charge < -0.3 is 5.32 Å². The van der Waals surface area contributed by atoms with Crippen LogP contribution >= 0.6 is 11.8 Å². The molecule has 4 rings (SSSR count). The Labute approximate surface area is 179 Å². The van der Waals surface area contributed by atoms with Crippen LogP contribution in [0.15, 0.2) is 78.0 Å². The minimum absolute atomic E-state index is 0.126. The largest absolute Gasteiger partial charge is 0.322 e. The standard InChI is InChI=1S/C23H21N5OS/c1-16-8-9-17(2)21(14-16)28-23(25-26-27-28)30-15-18-10-12-19(13-11-18)22(29)24-20-6-4-3-5-7-20/h3-14H,15H2,1-2H3,(H,24,29). The second kappa shape index (κ2) is 8.92. The predicted octanol–water partition coefficient (Wildman–Crippen LogP) is 4.82. The zero-order valence-electron chi connectivity index (χ0n) is 16.7. The van der Waals surface area contributed by atoms with Crippen LogP contribution < -0.4 is 5.32 Å². The molecular weight excluding hydrogens is 394 g/mol. The Bertz CT molecular complexity index is 1160. The summed E-state index contributed by atoms with van der Waals surface area (Å²) in [5.41, 5.74) is 5.74. The summed E-state index contributed by atoms with van der Waals surface area (Å²) >= 11 is 1.56. The van der Waals surface area contributed by atoms with Crippen molar-refractivity contribution < 1.29 is 4.79 Å². The summed E-state index contributed by atoms with van der Waals surface area (Å²) in [6.07, 6.45) is 0. The summed E-state index contributed by atoms with van der Waals surface area (Å²) in [5, 5.41) is 15.8. The van der Waals surface area contributed by atoms with Gasteiger partial charge in [0.15, 0.2) is 0 Å². The number of tetrazole rings is 1. The number of thioether (sulfide) groups is 1. The Hall–Kier alpha value is -3.45. The van der Waals surface area contributed by atoms with Crippen LogP contribution in [0.4, 0.5) is 5.69 Å². The smallest absolute Gasteiger partial charge is 0.255 e. The van der Waals surface area contributed by atoms with Crippen LogP contribution in [0, 0.1) is 13.8 Å². The number of rotatable bonds is 6. The number of anilines is 1. The highest BCUT2D eigenvalue weighted by molar-refractivity contribution is 7.98. The van der Waals surface area contributed by atoms with E-state index in [9.17, 15) is 4.79 Å². The van der Waals surface area contributed by atoms with E-state index in [1.165, 1.54) is 0 Å². The third kappa shape index (κ3) is 4.58. The highest BCUT2D eigenvalue weighted by Crippen LogP contribution is 2.24. The zero-order chi connectivity index (χ0) is 20.9. The van der Waals surface area contributed by atoms with Crippen molar-refractivity contribution in [3.63, 3.8) is 0 Å². The first-order chi connectivity index (χ1) is 14.6. The van der Waals surface area contributed by atoms with E-state index in [0.717, 1.165) is 33.2 Å². The first-order valence-corrected chi connectivity index (χ1v) is 10.5. The monoisotopic (exact) mass is 415 g/mol. The number of carbonyl (C=O) groups excluding carboxylic acids is 1. The van der Waals surface area contributed by atoms with E-state index < -0.39 is 0 Å². The molecule has 4 aromatic rings. The molecule has 30 heavy (non-hydrogen) atoms. The van der Waals surface area contributed by atoms with Crippen LogP contribution in [-0.2, 0) is 5.75 Å². The molecule has 3 aromatic carbocycles. The first kappa shape index (κ1) is 19.8. The summed E-state index contributed by atoms with van der Waals surface area (Å²) in [7, 11) is 0. The van der Waals surface area contributed by atoms with E-state index in [1.54, 1.807) is 16.4 Å². The molecule has 1 N–H and O–H groups in total. The van der Waals surface area contributed by atoms with Gasteiger partial charge in [-0.1, -0.05) is 54.2 Å². The van der Waals surface area contributed by atoms with Crippen LogP contribution in [0.5, 0.6) is 0 Å². The van der Waals surface area contributed by atoms with Crippen LogP contribution in [0.3, 0.4) is 0 Å². The molecular formula is C23H21N5OS. The molecule has 0 spiro atoms. The average Bonchev–Trinajstić information content (AvgIpc) is 3.23. The van der Waals surface area contributed by atoms with Gasteiger partial charge in [0.05, 0.1) is 5.69 Å². The molecule has 0 fully saturated rings. The minimum atomic E-state index is -0.126. The van der Waals surface area contributed by atoms with E-state index >= 15 is 0 Å². The van der Waals surface area contributed by atoms with Crippen molar-refractivity contribution in [3.8, 4) is 5.69 Å². The van der Waals surface area contributed by atoms with Crippen molar-refractivity contribution in [1.82, 2.24) is 20.2 Å². The van der Waals surface area contributed by atoms with Crippen LogP contribution in [0.25, 0.3) is 5.69 Å². The molecule has 1 amide bonds. The fourth-order valence-corrected chi connectivity index (χ4v) is 3.83. The number of hydrogen-bond donors (Lipinski definition) is 1. The molecule has 0 aliphatic carbocycles. The lowest BCUT2D eigenvalue weighted by Crippen LogP contribution is -2.11. The molecule has 0 bridgehead atoms. The normalized spacial score (nSPS) is 10.7. The molecule has 0 atom stereocenters. The number of aryl methyl sites for hydroxylation is 2. The number of hydrogen-bond acceptors (Lipinski definition) is 5. The number of aromatic nitrogens is 4. The molecule has 1 heterocycles. The summed E-state index contributed by atoms with van der Waals surface area (Å²) in [5.74, 6) is 0.575. The highest BCUT2D eigenvalue weighted by atomic mass is 32.2. The van der Waals surface area contributed by atoms with Gasteiger partial charge in [-0.2, -0.15) is 4.68 Å². The zero-order valence-corrected chi connectivity index (χ0v) is 17.6. The molecule has 1 aromatic heterocycles. The number of benzene rings is 3. The Morgan fingerprint density at radius 1 is 1.00 bits per heavy atom. The topological polar surface area (TPSA) is 72.7 Å². The second-order valence-electron chi connectivity index (χ2n) is 6.97. The summed E-state index contributed by atoms with van der Waals surface area (Å²) in [6.45, 7) is 4.10. The Morgan fingerprint density at radius 2 is 1.77 bits per heavy atom. The third-order valence-electron chi connectivity index (χ3n) is 4.65. The molecule has 7 heteroatoms. The van der Waals surface area contributed by atoms with Crippen molar-refractivity contribution in [3.05, 3.63) is 95.1 Å². The Balaban J connectivity index is 1.42. The highest BCUT2D eigenvalue weighted by Gasteiger charge is 2.12. The fraction of sp³-hybridized carbons (Fsp3) is 0.130. The summed E-state index contributed by atoms with van der Waals surface area (Å²) in [6, 6.07) is 23.2. The van der Waals surface area contributed by atoms with Gasteiger partial charge in [0.1, 0.15) is 0 Å². The number of para-hydroxylation sites is 1. The number of amides is 1. The molecule has 0 radical (unpaired) electrons.